The van der Waals surface area contributed by atoms with Crippen molar-refractivity contribution in [2.24, 2.45) is 10.6 Å². The first-order valence-electron chi connectivity index (χ1n) is 4.40. The zero-order valence-electron chi connectivity index (χ0n) is 9.27. The number of oxime groups is 1. The van der Waals surface area contributed by atoms with E-state index in [0.29, 0.717) is 5.71 Å². The van der Waals surface area contributed by atoms with E-state index in [1.807, 2.05) is 20.8 Å². The van der Waals surface area contributed by atoms with Gasteiger partial charge in [-0.05, 0) is 6.08 Å². The van der Waals surface area contributed by atoms with E-state index in [9.17, 15) is 9.59 Å². The molecule has 84 valence electrons. The smallest absolute Gasteiger partial charge is 0.331 e. The molecule has 0 aromatic rings. The van der Waals surface area contributed by atoms with Gasteiger partial charge in [-0.3, -0.25) is 0 Å². The second-order valence-corrected chi connectivity index (χ2v) is 3.98. The fourth-order valence-corrected chi connectivity index (χ4v) is 0.681. The summed E-state index contributed by atoms with van der Waals surface area (Å²) in [5, 5.41) is 12.0. The van der Waals surface area contributed by atoms with Gasteiger partial charge in [0.2, 0.25) is 0 Å². The largest absolute Gasteiger partial charge is 0.478 e. The summed E-state index contributed by atoms with van der Waals surface area (Å²) in [6.45, 7) is 6.73. The van der Waals surface area contributed by atoms with E-state index >= 15 is 0 Å². The molecule has 15 heavy (non-hydrogen) atoms. The molecule has 0 spiro atoms. The lowest BCUT2D eigenvalue weighted by atomic mass is 9.90. The Morgan fingerprint density at radius 2 is 1.80 bits per heavy atom. The van der Waals surface area contributed by atoms with Gasteiger partial charge in [0, 0.05) is 18.4 Å². The van der Waals surface area contributed by atoms with Gasteiger partial charge in [-0.1, -0.05) is 25.9 Å². The van der Waals surface area contributed by atoms with Crippen LogP contribution >= 0.6 is 0 Å². The molecule has 0 atom stereocenters. The molecule has 0 aromatic carbocycles. The van der Waals surface area contributed by atoms with Crippen molar-refractivity contribution in [2.45, 2.75) is 27.7 Å². The van der Waals surface area contributed by atoms with Gasteiger partial charge in [0.1, 0.15) is 0 Å². The minimum atomic E-state index is -1.07. The Balaban J connectivity index is 4.82. The Morgan fingerprint density at radius 3 is 2.13 bits per heavy atom. The van der Waals surface area contributed by atoms with Gasteiger partial charge >= 0.3 is 11.9 Å². The fourth-order valence-electron chi connectivity index (χ4n) is 0.681. The summed E-state index contributed by atoms with van der Waals surface area (Å²) in [4.78, 5) is 25.3. The lowest BCUT2D eigenvalue weighted by Crippen LogP contribution is -2.19. The molecule has 0 heterocycles. The van der Waals surface area contributed by atoms with Gasteiger partial charge in [0.05, 0.1) is 5.71 Å². The Bertz CT molecular complexity index is 310. The van der Waals surface area contributed by atoms with Crippen molar-refractivity contribution in [1.82, 2.24) is 0 Å². The molecule has 0 fully saturated rings. The van der Waals surface area contributed by atoms with Crippen LogP contribution in [0.1, 0.15) is 27.7 Å². The third-order valence-corrected chi connectivity index (χ3v) is 1.42. The number of carbonyl (C=O) groups excluding carboxylic acids is 1. The van der Waals surface area contributed by atoms with Crippen LogP contribution in [-0.4, -0.2) is 22.8 Å². The van der Waals surface area contributed by atoms with E-state index in [1.165, 1.54) is 13.0 Å². The molecule has 0 bridgehead atoms. The summed E-state index contributed by atoms with van der Waals surface area (Å²) >= 11 is 0. The highest BCUT2D eigenvalue weighted by molar-refractivity contribution is 6.02. The molecule has 5 nitrogen and oxygen atoms in total. The van der Waals surface area contributed by atoms with Crippen LogP contribution in [0, 0.1) is 5.41 Å². The monoisotopic (exact) mass is 213 g/mol. The van der Waals surface area contributed by atoms with Gasteiger partial charge in [0.15, 0.2) is 0 Å². The summed E-state index contributed by atoms with van der Waals surface area (Å²) < 4.78 is 0. The van der Waals surface area contributed by atoms with E-state index in [1.54, 1.807) is 0 Å². The minimum absolute atomic E-state index is 0.388. The second-order valence-electron chi connectivity index (χ2n) is 3.98. The highest BCUT2D eigenvalue weighted by Gasteiger charge is 2.18. The van der Waals surface area contributed by atoms with Gasteiger partial charge < -0.3 is 9.94 Å². The first-order chi connectivity index (χ1) is 6.73. The highest BCUT2D eigenvalue weighted by atomic mass is 16.7. The van der Waals surface area contributed by atoms with Gasteiger partial charge in [-0.2, -0.15) is 0 Å². The number of carboxylic acids is 1. The zero-order valence-corrected chi connectivity index (χ0v) is 9.27. The Labute approximate surface area is 88.4 Å². The van der Waals surface area contributed by atoms with Crippen LogP contribution in [0.15, 0.2) is 17.3 Å². The lowest BCUT2D eigenvalue weighted by Gasteiger charge is -2.17. The van der Waals surface area contributed by atoms with E-state index in [2.05, 4.69) is 9.99 Å². The molecule has 0 aliphatic rings. The van der Waals surface area contributed by atoms with Crippen LogP contribution < -0.4 is 0 Å². The average molecular weight is 213 g/mol. The van der Waals surface area contributed by atoms with Crippen molar-refractivity contribution in [1.29, 1.82) is 0 Å². The lowest BCUT2D eigenvalue weighted by molar-refractivity contribution is -0.141. The van der Waals surface area contributed by atoms with Gasteiger partial charge in [0.25, 0.3) is 0 Å². The predicted octanol–water partition coefficient (Wildman–Crippen LogP) is 1.59. The molecule has 0 rings (SSSR count). The SMILES string of the molecule is CC(=O)O/N=C(\C=C\C(=O)O)C(C)(C)C. The van der Waals surface area contributed by atoms with Crippen molar-refractivity contribution in [3.63, 3.8) is 0 Å². The molecule has 0 unspecified atom stereocenters. The van der Waals surface area contributed by atoms with Crippen LogP contribution in [0.3, 0.4) is 0 Å². The van der Waals surface area contributed by atoms with Crippen molar-refractivity contribution < 1.29 is 19.5 Å². The van der Waals surface area contributed by atoms with Crippen LogP contribution in [-0.2, 0) is 14.4 Å². The van der Waals surface area contributed by atoms with Crippen molar-refractivity contribution in [3.05, 3.63) is 12.2 Å². The molecule has 5 heteroatoms. The summed E-state index contributed by atoms with van der Waals surface area (Å²) in [5.74, 6) is -1.62. The number of hydrogen-bond donors (Lipinski definition) is 1. The molecule has 0 aliphatic heterocycles. The van der Waals surface area contributed by atoms with Crippen molar-refractivity contribution >= 4 is 17.7 Å². The maximum atomic E-state index is 10.5. The van der Waals surface area contributed by atoms with Crippen LogP contribution in [0.2, 0.25) is 0 Å². The molecule has 0 saturated heterocycles. The number of nitrogens with zero attached hydrogens (tertiary/aromatic N) is 1. The van der Waals surface area contributed by atoms with Crippen molar-refractivity contribution in [3.8, 4) is 0 Å². The number of rotatable bonds is 3. The molecule has 1 N–H and O–H groups in total. The molecule has 0 saturated carbocycles. The molecule has 0 amide bonds. The summed E-state index contributed by atoms with van der Waals surface area (Å²) in [7, 11) is 0. The normalized spacial score (nSPS) is 12.9. The van der Waals surface area contributed by atoms with Crippen molar-refractivity contribution in [2.75, 3.05) is 0 Å². The molecule has 0 aliphatic carbocycles. The zero-order chi connectivity index (χ0) is 12.1. The van der Waals surface area contributed by atoms with Crippen LogP contribution in [0.4, 0.5) is 0 Å². The maximum absolute atomic E-state index is 10.5. The van der Waals surface area contributed by atoms with E-state index in [0.717, 1.165) is 6.08 Å². The summed E-state index contributed by atoms with van der Waals surface area (Å²) in [6.07, 6.45) is 2.26. The minimum Gasteiger partial charge on any atom is -0.478 e. The van der Waals surface area contributed by atoms with Crippen LogP contribution in [0.5, 0.6) is 0 Å². The van der Waals surface area contributed by atoms with Gasteiger partial charge in [-0.25, -0.2) is 9.59 Å². The molecule has 0 radical (unpaired) electrons. The number of aliphatic carboxylic acids is 1. The third-order valence-electron chi connectivity index (χ3n) is 1.42. The standard InChI is InChI=1S/C10H15NO4/c1-7(12)15-11-8(10(2,3)4)5-6-9(13)14/h5-6H,1-4H3,(H,13,14)/b6-5+,11-8+. The number of carboxylic acid groups (broad SMARTS) is 1. The molecular formula is C10H15NO4. The highest BCUT2D eigenvalue weighted by Crippen LogP contribution is 2.17. The Hall–Kier alpha value is -1.65. The first kappa shape index (κ1) is 13.4. The van der Waals surface area contributed by atoms with Crippen LogP contribution in [0.25, 0.3) is 0 Å². The Morgan fingerprint density at radius 1 is 1.27 bits per heavy atom. The quantitative estimate of drug-likeness (QED) is 0.334. The molecule has 0 aromatic heterocycles. The fraction of sp³-hybridized carbons (Fsp3) is 0.500. The first-order valence-corrected chi connectivity index (χ1v) is 4.40. The predicted molar refractivity (Wildman–Crippen MR) is 55.4 cm³/mol. The van der Waals surface area contributed by atoms with E-state index < -0.39 is 11.9 Å². The second kappa shape index (κ2) is 5.29. The van der Waals surface area contributed by atoms with E-state index in [4.69, 9.17) is 5.11 Å². The topological polar surface area (TPSA) is 76.0 Å². The Kier molecular flexibility index (Phi) is 4.70. The number of hydrogen-bond acceptors (Lipinski definition) is 4. The average Bonchev–Trinajstić information content (AvgIpc) is 2.00. The maximum Gasteiger partial charge on any atom is 0.331 e. The summed E-state index contributed by atoms with van der Waals surface area (Å²) in [6, 6.07) is 0. The molecular weight excluding hydrogens is 198 g/mol. The number of allylic oxidation sites excluding steroid dienone is 1. The van der Waals surface area contributed by atoms with E-state index in [-0.39, 0.29) is 5.41 Å². The van der Waals surface area contributed by atoms with Gasteiger partial charge in [-0.15, -0.1) is 0 Å². The third kappa shape index (κ3) is 6.42. The summed E-state index contributed by atoms with van der Waals surface area (Å²) in [5.41, 5.74) is 0.00148. The number of carbonyl (C=O) groups is 2.